The molecule has 2 saturated carbocycles. The zero-order chi connectivity index (χ0) is 17.8. The Morgan fingerprint density at radius 3 is 1.96 bits per heavy atom. The van der Waals surface area contributed by atoms with Gasteiger partial charge in [-0.3, -0.25) is 9.52 Å². The molecule has 132 valence electrons. The zero-order valence-corrected chi connectivity index (χ0v) is 15.3. The summed E-state index contributed by atoms with van der Waals surface area (Å²) in [7, 11) is -3.76. The number of carbonyl (C=O) groups is 2. The number of rotatable bonds is 4. The van der Waals surface area contributed by atoms with Crippen molar-refractivity contribution in [2.24, 2.45) is 11.8 Å². The predicted molar refractivity (Wildman–Crippen MR) is 85.1 cm³/mol. The molecule has 2 aliphatic rings. The monoisotopic (exact) mass is 346 g/mol. The van der Waals surface area contributed by atoms with Crippen LogP contribution in [0.15, 0.2) is 0 Å². The van der Waals surface area contributed by atoms with Gasteiger partial charge in [0.2, 0.25) is 10.0 Å². The number of nitrogens with one attached hydrogen (secondary N) is 2. The smallest absolute Gasteiger partial charge is 0.408 e. The lowest BCUT2D eigenvalue weighted by Gasteiger charge is -2.24. The van der Waals surface area contributed by atoms with Crippen molar-refractivity contribution >= 4 is 22.0 Å². The van der Waals surface area contributed by atoms with Crippen molar-refractivity contribution in [3.63, 3.8) is 0 Å². The van der Waals surface area contributed by atoms with Crippen molar-refractivity contribution in [3.05, 3.63) is 0 Å². The van der Waals surface area contributed by atoms with Crippen LogP contribution < -0.4 is 10.0 Å². The van der Waals surface area contributed by atoms with Crippen LogP contribution in [0.3, 0.4) is 0 Å². The molecule has 1 unspecified atom stereocenters. The van der Waals surface area contributed by atoms with Crippen LogP contribution in [0.25, 0.3) is 0 Å². The molecule has 0 aromatic heterocycles. The van der Waals surface area contributed by atoms with Crippen LogP contribution in [-0.2, 0) is 19.6 Å². The lowest BCUT2D eigenvalue weighted by molar-refractivity contribution is -0.122. The first-order chi connectivity index (χ1) is 10.2. The summed E-state index contributed by atoms with van der Waals surface area (Å²) in [6.07, 6.45) is 0.192. The van der Waals surface area contributed by atoms with E-state index in [4.69, 9.17) is 4.74 Å². The highest BCUT2D eigenvalue weighted by atomic mass is 32.2. The SMILES string of the molecule is C[C@@H]1C[C@]1(NC(=O)OC(C)(C)C)C(=O)NS(=O)(=O)C1(C)C[C@@H]1C. The minimum Gasteiger partial charge on any atom is -0.444 e. The fourth-order valence-electron chi connectivity index (χ4n) is 2.71. The number of carbonyl (C=O) groups excluding carboxylic acids is 2. The van der Waals surface area contributed by atoms with Crippen molar-refractivity contribution in [2.75, 3.05) is 0 Å². The second kappa shape index (κ2) is 5.09. The summed E-state index contributed by atoms with van der Waals surface area (Å²) in [6.45, 7) is 10.4. The topological polar surface area (TPSA) is 102 Å². The quantitative estimate of drug-likeness (QED) is 0.804. The summed E-state index contributed by atoms with van der Waals surface area (Å²) in [6, 6.07) is 0. The van der Waals surface area contributed by atoms with E-state index in [2.05, 4.69) is 10.0 Å². The molecule has 2 fully saturated rings. The fourth-order valence-corrected chi connectivity index (χ4v) is 4.37. The molecular weight excluding hydrogens is 320 g/mol. The lowest BCUT2D eigenvalue weighted by Crippen LogP contribution is -2.54. The summed E-state index contributed by atoms with van der Waals surface area (Å²) in [4.78, 5) is 24.4. The molecule has 2 N–H and O–H groups in total. The molecule has 0 radical (unpaired) electrons. The largest absolute Gasteiger partial charge is 0.444 e. The molecule has 0 bridgehead atoms. The molecular formula is C15H26N2O5S. The van der Waals surface area contributed by atoms with Crippen LogP contribution in [-0.4, -0.2) is 36.3 Å². The molecule has 8 heteroatoms. The van der Waals surface area contributed by atoms with Gasteiger partial charge in [0.05, 0.1) is 4.75 Å². The second-order valence-corrected chi connectivity index (χ2v) is 10.2. The maximum absolute atomic E-state index is 12.5. The highest BCUT2D eigenvalue weighted by molar-refractivity contribution is 7.91. The van der Waals surface area contributed by atoms with E-state index in [-0.39, 0.29) is 11.8 Å². The van der Waals surface area contributed by atoms with E-state index in [1.54, 1.807) is 34.6 Å². The predicted octanol–water partition coefficient (Wildman–Crippen LogP) is 1.53. The minimum absolute atomic E-state index is 0.0131. The van der Waals surface area contributed by atoms with Crippen LogP contribution in [0.2, 0.25) is 0 Å². The van der Waals surface area contributed by atoms with Crippen molar-refractivity contribution in [1.29, 1.82) is 0 Å². The third kappa shape index (κ3) is 3.32. The molecule has 0 saturated heterocycles. The van der Waals surface area contributed by atoms with Crippen molar-refractivity contribution < 1.29 is 22.7 Å². The Hall–Kier alpha value is -1.31. The fraction of sp³-hybridized carbons (Fsp3) is 0.867. The van der Waals surface area contributed by atoms with E-state index in [9.17, 15) is 18.0 Å². The Labute approximate surface area is 137 Å². The Bertz CT molecular complexity index is 639. The molecule has 0 aliphatic heterocycles. The van der Waals surface area contributed by atoms with Gasteiger partial charge in [0.15, 0.2) is 0 Å². The average Bonchev–Trinajstić information content (AvgIpc) is 3.15. The maximum atomic E-state index is 12.5. The van der Waals surface area contributed by atoms with Crippen LogP contribution in [0, 0.1) is 11.8 Å². The van der Waals surface area contributed by atoms with Gasteiger partial charge >= 0.3 is 6.09 Å². The van der Waals surface area contributed by atoms with Gasteiger partial charge < -0.3 is 10.1 Å². The highest BCUT2D eigenvalue weighted by Gasteiger charge is 2.63. The first kappa shape index (κ1) is 18.0. The van der Waals surface area contributed by atoms with Gasteiger partial charge in [0, 0.05) is 0 Å². The second-order valence-electron chi connectivity index (χ2n) is 8.06. The van der Waals surface area contributed by atoms with E-state index in [0.29, 0.717) is 12.8 Å². The molecule has 4 atom stereocenters. The number of hydrogen-bond acceptors (Lipinski definition) is 5. The first-order valence-electron chi connectivity index (χ1n) is 7.81. The van der Waals surface area contributed by atoms with E-state index < -0.39 is 37.9 Å². The molecule has 0 heterocycles. The molecule has 2 aliphatic carbocycles. The van der Waals surface area contributed by atoms with E-state index in [1.165, 1.54) is 0 Å². The summed E-state index contributed by atoms with van der Waals surface area (Å²) in [5.41, 5.74) is -1.90. The molecule has 0 aromatic carbocycles. The van der Waals surface area contributed by atoms with Gasteiger partial charge in [0.1, 0.15) is 11.1 Å². The van der Waals surface area contributed by atoms with Gasteiger partial charge in [0.25, 0.3) is 5.91 Å². The summed E-state index contributed by atoms with van der Waals surface area (Å²) < 4.78 is 31.1. The van der Waals surface area contributed by atoms with Gasteiger partial charge in [-0.1, -0.05) is 13.8 Å². The normalized spacial score (nSPS) is 36.1. The van der Waals surface area contributed by atoms with Crippen molar-refractivity contribution in [3.8, 4) is 0 Å². The summed E-state index contributed by atoms with van der Waals surface area (Å²) in [5, 5.41) is 2.54. The number of sulfonamides is 1. The van der Waals surface area contributed by atoms with Crippen molar-refractivity contribution in [2.45, 2.75) is 70.3 Å². The van der Waals surface area contributed by atoms with Crippen LogP contribution >= 0.6 is 0 Å². The van der Waals surface area contributed by atoms with Crippen LogP contribution in [0.1, 0.15) is 54.4 Å². The van der Waals surface area contributed by atoms with Gasteiger partial charge in [-0.15, -0.1) is 0 Å². The summed E-state index contributed by atoms with van der Waals surface area (Å²) >= 11 is 0. The van der Waals surface area contributed by atoms with Crippen molar-refractivity contribution in [1.82, 2.24) is 10.0 Å². The summed E-state index contributed by atoms with van der Waals surface area (Å²) in [5.74, 6) is -0.815. The Morgan fingerprint density at radius 2 is 1.61 bits per heavy atom. The minimum atomic E-state index is -3.76. The molecule has 0 spiro atoms. The Kier molecular flexibility index (Phi) is 3.99. The number of alkyl carbamates (subject to hydrolysis) is 1. The van der Waals surface area contributed by atoms with Crippen LogP contribution in [0.4, 0.5) is 4.79 Å². The lowest BCUT2D eigenvalue weighted by atomic mass is 10.2. The zero-order valence-electron chi connectivity index (χ0n) is 14.5. The van der Waals surface area contributed by atoms with Gasteiger partial charge in [-0.25, -0.2) is 13.2 Å². The van der Waals surface area contributed by atoms with E-state index in [1.807, 2.05) is 6.92 Å². The van der Waals surface area contributed by atoms with Gasteiger partial charge in [-0.05, 0) is 52.4 Å². The molecule has 2 rings (SSSR count). The molecule has 2 amide bonds. The molecule has 7 nitrogen and oxygen atoms in total. The third-order valence-electron chi connectivity index (χ3n) is 4.87. The van der Waals surface area contributed by atoms with E-state index >= 15 is 0 Å². The van der Waals surface area contributed by atoms with Gasteiger partial charge in [-0.2, -0.15) is 0 Å². The Balaban J connectivity index is 2.06. The Morgan fingerprint density at radius 1 is 1.13 bits per heavy atom. The highest BCUT2D eigenvalue weighted by Crippen LogP contribution is 2.50. The first-order valence-corrected chi connectivity index (χ1v) is 9.30. The maximum Gasteiger partial charge on any atom is 0.408 e. The van der Waals surface area contributed by atoms with E-state index in [0.717, 1.165) is 0 Å². The number of ether oxygens (including phenoxy) is 1. The number of amides is 2. The average molecular weight is 346 g/mol. The van der Waals surface area contributed by atoms with Crippen LogP contribution in [0.5, 0.6) is 0 Å². The molecule has 0 aromatic rings. The molecule has 23 heavy (non-hydrogen) atoms. The number of hydrogen-bond donors (Lipinski definition) is 2. The standard InChI is InChI=1S/C15H26N2O5S/c1-9-7-14(9,6)23(20,21)17-11(18)15(8-10(15)2)16-12(19)22-13(3,4)5/h9-10H,7-8H2,1-6H3,(H,16,19)(H,17,18)/t9-,10+,14?,15+/m0/s1. The third-order valence-corrected chi connectivity index (χ3v) is 7.12.